The Labute approximate surface area is 166 Å². The zero-order valence-electron chi connectivity index (χ0n) is 16.3. The van der Waals surface area contributed by atoms with Gasteiger partial charge in [0.2, 0.25) is 0 Å². The normalized spacial score (nSPS) is 19.0. The summed E-state index contributed by atoms with van der Waals surface area (Å²) < 4.78 is 20.0. The average Bonchev–Trinajstić information content (AvgIpc) is 2.73. The van der Waals surface area contributed by atoms with Crippen LogP contribution in [-0.2, 0) is 0 Å². The van der Waals surface area contributed by atoms with Crippen molar-refractivity contribution < 1.29 is 13.9 Å². The van der Waals surface area contributed by atoms with E-state index in [9.17, 15) is 9.18 Å². The Hall–Kier alpha value is -2.67. The highest BCUT2D eigenvalue weighted by atomic mass is 19.1. The molecule has 0 atom stereocenters. The second kappa shape index (κ2) is 9.50. The van der Waals surface area contributed by atoms with Crippen LogP contribution in [0.1, 0.15) is 79.3 Å². The summed E-state index contributed by atoms with van der Waals surface area (Å²) in [5.41, 5.74) is 1.39. The maximum atomic E-state index is 14.7. The van der Waals surface area contributed by atoms with Gasteiger partial charge in [0.05, 0.1) is 17.2 Å². The van der Waals surface area contributed by atoms with Gasteiger partial charge in [-0.05, 0) is 79.5 Å². The Morgan fingerprint density at radius 3 is 2.46 bits per heavy atom. The second-order valence-corrected chi connectivity index (χ2v) is 7.62. The molecule has 1 aliphatic rings. The fraction of sp³-hybridized carbons (Fsp3) is 0.417. The lowest BCUT2D eigenvalue weighted by Gasteiger charge is -2.29. The van der Waals surface area contributed by atoms with Crippen LogP contribution in [0.5, 0.6) is 5.75 Å². The number of nitriles is 1. The number of carbonyl (C=O) groups excluding carboxylic acids is 1. The number of carbonyl (C=O) groups is 1. The van der Waals surface area contributed by atoms with Crippen molar-refractivity contribution in [3.63, 3.8) is 0 Å². The van der Waals surface area contributed by atoms with Crippen molar-refractivity contribution in [1.29, 1.82) is 5.26 Å². The Morgan fingerprint density at radius 2 is 1.86 bits per heavy atom. The third-order valence-corrected chi connectivity index (χ3v) is 5.68. The minimum atomic E-state index is -0.599. The van der Waals surface area contributed by atoms with Gasteiger partial charge in [-0.25, -0.2) is 9.18 Å². The molecule has 1 saturated carbocycles. The molecule has 0 amide bonds. The molecule has 146 valence electrons. The van der Waals surface area contributed by atoms with Crippen molar-refractivity contribution in [3.8, 4) is 11.8 Å². The molecule has 3 nitrogen and oxygen atoms in total. The molecule has 28 heavy (non-hydrogen) atoms. The molecule has 0 saturated heterocycles. The third kappa shape index (κ3) is 4.98. The molecular formula is C24H26FNO2. The molecule has 1 fully saturated rings. The van der Waals surface area contributed by atoms with Gasteiger partial charge < -0.3 is 4.74 Å². The van der Waals surface area contributed by atoms with E-state index in [-0.39, 0.29) is 17.3 Å². The predicted octanol–water partition coefficient (Wildman–Crippen LogP) is 6.38. The Balaban J connectivity index is 1.62. The Morgan fingerprint density at radius 1 is 1.14 bits per heavy atom. The lowest BCUT2D eigenvalue weighted by Crippen LogP contribution is -2.15. The van der Waals surface area contributed by atoms with Crippen LogP contribution in [-0.4, -0.2) is 5.97 Å². The largest absolute Gasteiger partial charge is 0.423 e. The maximum Gasteiger partial charge on any atom is 0.343 e. The summed E-state index contributed by atoms with van der Waals surface area (Å²) in [7, 11) is 0. The Bertz CT molecular complexity index is 846. The van der Waals surface area contributed by atoms with Crippen molar-refractivity contribution in [2.24, 2.45) is 5.92 Å². The van der Waals surface area contributed by atoms with Crippen LogP contribution in [0, 0.1) is 23.1 Å². The molecule has 0 N–H and O–H groups in total. The van der Waals surface area contributed by atoms with Crippen molar-refractivity contribution in [1.82, 2.24) is 0 Å². The molecule has 0 bridgehead atoms. The summed E-state index contributed by atoms with van der Waals surface area (Å²) in [6.07, 6.45) is 8.14. The SMILES string of the molecule is CCCCC1CCC(c2ccc(C(=O)Oc3ccc(C#N)cc3)cc2F)CC1. The standard InChI is InChI=1S/C24H26FNO2/c1-2-3-4-17-5-9-19(10-6-17)22-14-11-20(15-23(22)25)24(27)28-21-12-7-18(16-26)8-13-21/h7-8,11-15,17,19H,2-6,9-10H2,1H3. The van der Waals surface area contributed by atoms with E-state index in [1.165, 1.54) is 25.3 Å². The number of halogens is 1. The molecular weight excluding hydrogens is 353 g/mol. The van der Waals surface area contributed by atoms with Crippen LogP contribution < -0.4 is 4.74 Å². The van der Waals surface area contributed by atoms with Crippen LogP contribution in [0.3, 0.4) is 0 Å². The zero-order chi connectivity index (χ0) is 19.9. The van der Waals surface area contributed by atoms with E-state index in [1.807, 2.05) is 6.07 Å². The topological polar surface area (TPSA) is 50.1 Å². The van der Waals surface area contributed by atoms with Gasteiger partial charge in [0, 0.05) is 0 Å². The summed E-state index contributed by atoms with van der Waals surface area (Å²) in [5, 5.41) is 8.81. The molecule has 0 aliphatic heterocycles. The first kappa shape index (κ1) is 20.1. The van der Waals surface area contributed by atoms with Gasteiger partial charge in [-0.2, -0.15) is 5.26 Å². The van der Waals surface area contributed by atoms with Gasteiger partial charge in [-0.15, -0.1) is 0 Å². The molecule has 0 unspecified atom stereocenters. The van der Waals surface area contributed by atoms with Crippen LogP contribution in [0.4, 0.5) is 4.39 Å². The Kier molecular flexibility index (Phi) is 6.81. The number of benzene rings is 2. The van der Waals surface area contributed by atoms with Crippen LogP contribution in [0.15, 0.2) is 42.5 Å². The number of nitrogens with zero attached hydrogens (tertiary/aromatic N) is 1. The maximum absolute atomic E-state index is 14.7. The number of hydrogen-bond acceptors (Lipinski definition) is 3. The van der Waals surface area contributed by atoms with E-state index < -0.39 is 5.97 Å². The summed E-state index contributed by atoms with van der Waals surface area (Å²) in [5.74, 6) is 0.422. The number of hydrogen-bond donors (Lipinski definition) is 0. The predicted molar refractivity (Wildman–Crippen MR) is 107 cm³/mol. The summed E-state index contributed by atoms with van der Waals surface area (Å²) in [6.45, 7) is 2.22. The molecule has 4 heteroatoms. The van der Waals surface area contributed by atoms with E-state index in [1.54, 1.807) is 36.4 Å². The third-order valence-electron chi connectivity index (χ3n) is 5.68. The minimum Gasteiger partial charge on any atom is -0.423 e. The number of ether oxygens (including phenoxy) is 1. The molecule has 3 rings (SSSR count). The van der Waals surface area contributed by atoms with Gasteiger partial charge in [0.25, 0.3) is 0 Å². The molecule has 0 spiro atoms. The van der Waals surface area contributed by atoms with E-state index >= 15 is 0 Å². The van der Waals surface area contributed by atoms with Crippen molar-refractivity contribution in [3.05, 3.63) is 65.0 Å². The summed E-state index contributed by atoms with van der Waals surface area (Å²) >= 11 is 0. The lowest BCUT2D eigenvalue weighted by molar-refractivity contribution is 0.0734. The van der Waals surface area contributed by atoms with Crippen LogP contribution in [0.25, 0.3) is 0 Å². The number of esters is 1. The molecule has 0 heterocycles. The summed E-state index contributed by atoms with van der Waals surface area (Å²) in [6, 6.07) is 12.9. The smallest absolute Gasteiger partial charge is 0.343 e. The van der Waals surface area contributed by atoms with Crippen molar-refractivity contribution in [2.45, 2.75) is 57.8 Å². The fourth-order valence-corrected chi connectivity index (χ4v) is 4.00. The molecule has 2 aromatic rings. The van der Waals surface area contributed by atoms with Gasteiger partial charge in [0.1, 0.15) is 11.6 Å². The molecule has 0 radical (unpaired) electrons. The van der Waals surface area contributed by atoms with Crippen molar-refractivity contribution >= 4 is 5.97 Å². The number of unbranched alkanes of at least 4 members (excludes halogenated alkanes) is 1. The quantitative estimate of drug-likeness (QED) is 0.432. The summed E-state index contributed by atoms with van der Waals surface area (Å²) in [4.78, 5) is 12.3. The lowest BCUT2D eigenvalue weighted by atomic mass is 9.77. The van der Waals surface area contributed by atoms with Gasteiger partial charge in [-0.1, -0.05) is 32.3 Å². The highest BCUT2D eigenvalue weighted by molar-refractivity contribution is 5.91. The second-order valence-electron chi connectivity index (χ2n) is 7.62. The zero-order valence-corrected chi connectivity index (χ0v) is 16.3. The van der Waals surface area contributed by atoms with E-state index in [0.29, 0.717) is 16.9 Å². The van der Waals surface area contributed by atoms with Gasteiger partial charge in [-0.3, -0.25) is 0 Å². The average molecular weight is 379 g/mol. The fourth-order valence-electron chi connectivity index (χ4n) is 4.00. The van der Waals surface area contributed by atoms with E-state index in [0.717, 1.165) is 31.6 Å². The van der Waals surface area contributed by atoms with Crippen molar-refractivity contribution in [2.75, 3.05) is 0 Å². The first-order valence-electron chi connectivity index (χ1n) is 10.1. The molecule has 1 aliphatic carbocycles. The number of rotatable bonds is 6. The van der Waals surface area contributed by atoms with Crippen LogP contribution >= 0.6 is 0 Å². The highest BCUT2D eigenvalue weighted by Crippen LogP contribution is 2.38. The monoisotopic (exact) mass is 379 g/mol. The molecule has 2 aromatic carbocycles. The first-order valence-corrected chi connectivity index (χ1v) is 10.1. The highest BCUT2D eigenvalue weighted by Gasteiger charge is 2.24. The van der Waals surface area contributed by atoms with Gasteiger partial charge >= 0.3 is 5.97 Å². The van der Waals surface area contributed by atoms with Crippen LogP contribution in [0.2, 0.25) is 0 Å². The first-order chi connectivity index (χ1) is 13.6. The van der Waals surface area contributed by atoms with Gasteiger partial charge in [0.15, 0.2) is 0 Å². The minimum absolute atomic E-state index is 0.197. The molecule has 0 aromatic heterocycles. The van der Waals surface area contributed by atoms with E-state index in [2.05, 4.69) is 6.92 Å². The van der Waals surface area contributed by atoms with E-state index in [4.69, 9.17) is 10.00 Å².